The molecule has 2 fully saturated rings. The average Bonchev–Trinajstić information content (AvgIpc) is 3.25. The summed E-state index contributed by atoms with van der Waals surface area (Å²) in [6.45, 7) is 0. The van der Waals surface area contributed by atoms with E-state index in [1.165, 1.54) is 0 Å². The highest BCUT2D eigenvalue weighted by Crippen LogP contribution is 2.40. The number of carbonyl (C=O) groups is 1. The minimum Gasteiger partial charge on any atom is -0.393 e. The number of aliphatic hydroxyl groups is 1. The molecule has 2 N–H and O–H groups in total. The lowest BCUT2D eigenvalue weighted by Crippen LogP contribution is -2.41. The van der Waals surface area contributed by atoms with Crippen molar-refractivity contribution >= 4 is 17.2 Å². The molecule has 2 aromatic heterocycles. The van der Waals surface area contributed by atoms with Gasteiger partial charge in [-0.25, -0.2) is 9.97 Å². The van der Waals surface area contributed by atoms with Gasteiger partial charge in [0.2, 0.25) is 0 Å². The Bertz CT molecular complexity index is 676. The van der Waals surface area contributed by atoms with E-state index in [1.54, 1.807) is 23.7 Å². The highest BCUT2D eigenvalue weighted by Gasteiger charge is 2.36. The van der Waals surface area contributed by atoms with Crippen molar-refractivity contribution in [1.29, 1.82) is 0 Å². The van der Waals surface area contributed by atoms with E-state index in [-0.39, 0.29) is 18.1 Å². The molecule has 2 aliphatic rings. The van der Waals surface area contributed by atoms with Crippen LogP contribution in [0.2, 0.25) is 0 Å². The van der Waals surface area contributed by atoms with Crippen LogP contribution in [0.1, 0.15) is 58.7 Å². The van der Waals surface area contributed by atoms with Gasteiger partial charge in [0.25, 0.3) is 5.91 Å². The summed E-state index contributed by atoms with van der Waals surface area (Å²) >= 11 is 1.63. The van der Waals surface area contributed by atoms with Gasteiger partial charge in [0.05, 0.1) is 17.7 Å². The summed E-state index contributed by atoms with van der Waals surface area (Å²) in [6.07, 6.45) is 6.78. The van der Waals surface area contributed by atoms with Crippen molar-refractivity contribution in [3.63, 3.8) is 0 Å². The third kappa shape index (κ3) is 3.14. The standard InChI is InChI=1S/C17H19N3O2S/c21-13-6-11(7-13)15(14-2-1-5-23-14)20-17(22)12-8-18-16(19-9-12)10-3-4-10/h1-2,5,8-11,13,15,21H,3-4,6-7H2,(H,20,22). The Morgan fingerprint density at radius 2 is 2.04 bits per heavy atom. The molecular formula is C17H19N3O2S. The fourth-order valence-electron chi connectivity index (χ4n) is 3.02. The van der Waals surface area contributed by atoms with Gasteiger partial charge in [-0.05, 0) is 43.0 Å². The Kier molecular flexibility index (Phi) is 3.87. The molecule has 0 saturated heterocycles. The smallest absolute Gasteiger partial charge is 0.254 e. The van der Waals surface area contributed by atoms with E-state index in [0.29, 0.717) is 17.4 Å². The second kappa shape index (κ2) is 6.02. The number of aliphatic hydroxyl groups excluding tert-OH is 1. The lowest BCUT2D eigenvalue weighted by atomic mass is 9.76. The second-order valence-corrected chi connectivity index (χ2v) is 7.44. The molecule has 23 heavy (non-hydrogen) atoms. The first-order valence-corrected chi connectivity index (χ1v) is 8.93. The summed E-state index contributed by atoms with van der Waals surface area (Å²) in [5, 5.41) is 14.7. The van der Waals surface area contributed by atoms with Crippen molar-refractivity contribution < 1.29 is 9.90 Å². The molecule has 0 aromatic carbocycles. The zero-order valence-corrected chi connectivity index (χ0v) is 13.5. The quantitative estimate of drug-likeness (QED) is 0.884. The van der Waals surface area contributed by atoms with Crippen molar-refractivity contribution in [2.24, 2.45) is 5.92 Å². The molecule has 2 heterocycles. The number of thiophene rings is 1. The Morgan fingerprint density at radius 3 is 2.61 bits per heavy atom. The van der Waals surface area contributed by atoms with Gasteiger partial charge in [0.1, 0.15) is 5.82 Å². The number of hydrogen-bond donors (Lipinski definition) is 2. The number of nitrogens with zero attached hydrogens (tertiary/aromatic N) is 2. The maximum Gasteiger partial charge on any atom is 0.254 e. The van der Waals surface area contributed by atoms with Gasteiger partial charge in [-0.15, -0.1) is 11.3 Å². The van der Waals surface area contributed by atoms with Crippen LogP contribution < -0.4 is 5.32 Å². The van der Waals surface area contributed by atoms with Gasteiger partial charge < -0.3 is 10.4 Å². The van der Waals surface area contributed by atoms with Gasteiger partial charge in [0.15, 0.2) is 0 Å². The van der Waals surface area contributed by atoms with Gasteiger partial charge in [-0.2, -0.15) is 0 Å². The van der Waals surface area contributed by atoms with E-state index in [4.69, 9.17) is 0 Å². The summed E-state index contributed by atoms with van der Waals surface area (Å²) in [7, 11) is 0. The van der Waals surface area contributed by atoms with Crippen LogP contribution in [0.15, 0.2) is 29.9 Å². The minimum absolute atomic E-state index is 0.0472. The molecule has 1 unspecified atom stereocenters. The molecule has 2 aromatic rings. The molecule has 0 spiro atoms. The lowest BCUT2D eigenvalue weighted by Gasteiger charge is -2.37. The van der Waals surface area contributed by atoms with E-state index in [9.17, 15) is 9.90 Å². The Labute approximate surface area is 138 Å². The summed E-state index contributed by atoms with van der Waals surface area (Å²) in [6, 6.07) is 3.98. The molecule has 4 rings (SSSR count). The summed E-state index contributed by atoms with van der Waals surface area (Å²) in [5.74, 6) is 1.48. The van der Waals surface area contributed by atoms with Crippen LogP contribution in [0.4, 0.5) is 0 Å². The molecular weight excluding hydrogens is 310 g/mol. The molecule has 0 bridgehead atoms. The van der Waals surface area contributed by atoms with E-state index in [0.717, 1.165) is 36.4 Å². The van der Waals surface area contributed by atoms with Crippen LogP contribution in [-0.4, -0.2) is 27.1 Å². The summed E-state index contributed by atoms with van der Waals surface area (Å²) < 4.78 is 0. The summed E-state index contributed by atoms with van der Waals surface area (Å²) in [5.41, 5.74) is 0.496. The zero-order valence-electron chi connectivity index (χ0n) is 12.7. The molecule has 1 atom stereocenters. The van der Waals surface area contributed by atoms with E-state index in [1.807, 2.05) is 17.5 Å². The fraction of sp³-hybridized carbons (Fsp3) is 0.471. The number of aromatic nitrogens is 2. The lowest BCUT2D eigenvalue weighted by molar-refractivity contribution is 0.0241. The second-order valence-electron chi connectivity index (χ2n) is 6.46. The largest absolute Gasteiger partial charge is 0.393 e. The third-order valence-corrected chi connectivity index (χ3v) is 5.59. The Morgan fingerprint density at radius 1 is 1.30 bits per heavy atom. The van der Waals surface area contributed by atoms with Crippen LogP contribution in [0, 0.1) is 5.92 Å². The maximum absolute atomic E-state index is 12.5. The average molecular weight is 329 g/mol. The predicted molar refractivity (Wildman–Crippen MR) is 87.3 cm³/mol. The Balaban J connectivity index is 1.48. The molecule has 0 aliphatic heterocycles. The van der Waals surface area contributed by atoms with Crippen molar-refractivity contribution in [2.75, 3.05) is 0 Å². The molecule has 2 saturated carbocycles. The molecule has 1 amide bonds. The van der Waals surface area contributed by atoms with Gasteiger partial charge in [-0.3, -0.25) is 4.79 Å². The monoisotopic (exact) mass is 329 g/mol. The molecule has 5 nitrogen and oxygen atoms in total. The highest BCUT2D eigenvalue weighted by atomic mass is 32.1. The third-order valence-electron chi connectivity index (χ3n) is 4.63. The van der Waals surface area contributed by atoms with E-state index >= 15 is 0 Å². The van der Waals surface area contributed by atoms with Crippen molar-refractivity contribution in [3.8, 4) is 0 Å². The fourth-order valence-corrected chi connectivity index (χ4v) is 3.89. The van der Waals surface area contributed by atoms with Gasteiger partial charge in [-0.1, -0.05) is 6.07 Å². The van der Waals surface area contributed by atoms with Gasteiger partial charge in [0, 0.05) is 23.2 Å². The van der Waals surface area contributed by atoms with Crippen LogP contribution in [0.5, 0.6) is 0 Å². The van der Waals surface area contributed by atoms with Crippen molar-refractivity contribution in [1.82, 2.24) is 15.3 Å². The number of rotatable bonds is 5. The SMILES string of the molecule is O=C(NC(c1cccs1)C1CC(O)C1)c1cnc(C2CC2)nc1. The molecule has 120 valence electrons. The number of amides is 1. The van der Waals surface area contributed by atoms with Gasteiger partial charge >= 0.3 is 0 Å². The van der Waals surface area contributed by atoms with Crippen LogP contribution in [0.3, 0.4) is 0 Å². The zero-order chi connectivity index (χ0) is 15.8. The van der Waals surface area contributed by atoms with Crippen molar-refractivity contribution in [3.05, 3.63) is 46.2 Å². The van der Waals surface area contributed by atoms with Crippen LogP contribution in [-0.2, 0) is 0 Å². The van der Waals surface area contributed by atoms with E-state index < -0.39 is 0 Å². The molecule has 2 aliphatic carbocycles. The number of carbonyl (C=O) groups excluding carboxylic acids is 1. The Hall–Kier alpha value is -1.79. The molecule has 0 radical (unpaired) electrons. The first-order valence-electron chi connectivity index (χ1n) is 8.05. The van der Waals surface area contributed by atoms with E-state index in [2.05, 4.69) is 15.3 Å². The first kappa shape index (κ1) is 14.8. The number of nitrogens with one attached hydrogen (secondary N) is 1. The highest BCUT2D eigenvalue weighted by molar-refractivity contribution is 7.10. The first-order chi connectivity index (χ1) is 11.2. The maximum atomic E-state index is 12.5. The molecule has 6 heteroatoms. The minimum atomic E-state index is -0.236. The topological polar surface area (TPSA) is 75.1 Å². The van der Waals surface area contributed by atoms with Crippen LogP contribution in [0.25, 0.3) is 0 Å². The van der Waals surface area contributed by atoms with Crippen molar-refractivity contribution in [2.45, 2.75) is 43.7 Å². The predicted octanol–water partition coefficient (Wildman–Crippen LogP) is 2.66. The normalized spacial score (nSPS) is 24.7. The summed E-state index contributed by atoms with van der Waals surface area (Å²) in [4.78, 5) is 22.3. The number of hydrogen-bond acceptors (Lipinski definition) is 5. The van der Waals surface area contributed by atoms with Crippen LogP contribution >= 0.6 is 11.3 Å².